The zero-order valence-electron chi connectivity index (χ0n) is 20.1. The first-order chi connectivity index (χ1) is 17.5. The van der Waals surface area contributed by atoms with Gasteiger partial charge in [0.2, 0.25) is 0 Å². The molecule has 1 saturated heterocycles. The molecule has 37 heavy (non-hydrogen) atoms. The summed E-state index contributed by atoms with van der Waals surface area (Å²) in [5, 5.41) is 15.8. The minimum atomic E-state index is -0.105. The Labute approximate surface area is 253 Å². The topological polar surface area (TPSA) is 51.4 Å². The summed E-state index contributed by atoms with van der Waals surface area (Å²) in [5.41, 5.74) is 1.89. The predicted octanol–water partition coefficient (Wildman–Crippen LogP) is 9.31. The second kappa shape index (κ2) is 15.1. The largest absolute Gasteiger partial charge is 0.656 e. The molecule has 3 aromatic carbocycles. The number of hydrogen-bond acceptors (Lipinski definition) is 3. The van der Waals surface area contributed by atoms with Gasteiger partial charge in [-0.3, -0.25) is 4.79 Å². The molecule has 0 spiro atoms. The number of carbonyl (C=O) groups is 1. The molecule has 0 aliphatic carbocycles. The number of thiophene rings is 1. The molecule has 1 N–H and O–H groups in total. The number of allylic oxidation sites excluding steroid dienone is 2. The van der Waals surface area contributed by atoms with E-state index in [9.17, 15) is 9.90 Å². The monoisotopic (exact) mass is 816 g/mol. The van der Waals surface area contributed by atoms with Crippen molar-refractivity contribution in [3.05, 3.63) is 121 Å². The first-order valence-electron chi connectivity index (χ1n) is 11.9. The fourth-order valence-electron chi connectivity index (χ4n) is 3.99. The number of hydrogen-bond donors (Lipinski definition) is 1. The first-order valence-corrected chi connectivity index (χ1v) is 14.3. The summed E-state index contributed by atoms with van der Waals surface area (Å²) in [5.74, 6) is -0.0219. The molecule has 1 radical (unpaired) electrons. The van der Waals surface area contributed by atoms with Crippen LogP contribution in [0.5, 0.6) is 0 Å². The Morgan fingerprint density at radius 2 is 1.57 bits per heavy atom. The van der Waals surface area contributed by atoms with Crippen LogP contribution in [0.2, 0.25) is 0 Å². The van der Waals surface area contributed by atoms with E-state index >= 15 is 0 Å². The fourth-order valence-corrected chi connectivity index (χ4v) is 5.62. The molecule has 1 unspecified atom stereocenters. The van der Waals surface area contributed by atoms with Gasteiger partial charge in [0, 0.05) is 48.0 Å². The van der Waals surface area contributed by atoms with Gasteiger partial charge in [-0.25, -0.2) is 11.3 Å². The van der Waals surface area contributed by atoms with Crippen LogP contribution < -0.4 is 0 Å². The number of carbonyl (C=O) groups excluding carboxylic acids is 1. The standard InChI is InChI=1S/C17H14Br2O2.C13H13NS.Ir/c18-14-5-1-12(2-6-14)9-16(20)11-17(21)10-13-3-7-15(19)8-4-13;1-2-7-12-10(5-1)9-13(15-12)11-6-3-4-8-14-11;/h1-8,11,20H,9-10H2;1-2,5,7,11H,3-4,6,8H2;/q;-2;/b16-11-;;. The average Bonchev–Trinajstić information content (AvgIpc) is 3.32. The number of aliphatic hydroxyl groups excluding tert-OH is 1. The SMILES string of the molecule is O=C(/C=C(\O)Cc1ccc(Br)cc1)Cc1ccc(Br)cc1.[Ir].[c-]1c(C2CCCC[N-]2)sc2ccccc12. The first kappa shape index (κ1) is 29.9. The van der Waals surface area contributed by atoms with E-state index in [4.69, 9.17) is 0 Å². The van der Waals surface area contributed by atoms with Crippen LogP contribution in [-0.4, -0.2) is 17.4 Å². The third-order valence-electron chi connectivity index (χ3n) is 5.82. The van der Waals surface area contributed by atoms with Crippen LogP contribution in [0.4, 0.5) is 0 Å². The number of aliphatic hydroxyl groups is 1. The molecule has 1 aliphatic rings. The van der Waals surface area contributed by atoms with Crippen LogP contribution in [0.15, 0.2) is 93.6 Å². The van der Waals surface area contributed by atoms with Crippen molar-refractivity contribution in [1.82, 2.24) is 0 Å². The van der Waals surface area contributed by atoms with Gasteiger partial charge >= 0.3 is 0 Å². The minimum absolute atomic E-state index is 0. The Kier molecular flexibility index (Phi) is 12.2. The number of fused-ring (bicyclic) bond motifs is 1. The minimum Gasteiger partial charge on any atom is -0.656 e. The summed E-state index contributed by atoms with van der Waals surface area (Å²) in [6.07, 6.45) is 5.75. The molecule has 1 fully saturated rings. The maximum absolute atomic E-state index is 11.9. The van der Waals surface area contributed by atoms with E-state index in [1.54, 1.807) is 0 Å². The van der Waals surface area contributed by atoms with E-state index < -0.39 is 0 Å². The van der Waals surface area contributed by atoms with Crippen molar-refractivity contribution in [2.75, 3.05) is 6.54 Å². The van der Waals surface area contributed by atoms with Crippen molar-refractivity contribution in [1.29, 1.82) is 0 Å². The van der Waals surface area contributed by atoms with Gasteiger partial charge in [0.1, 0.15) is 5.76 Å². The zero-order chi connectivity index (χ0) is 25.3. The number of halogens is 2. The molecule has 4 aromatic rings. The van der Waals surface area contributed by atoms with Crippen molar-refractivity contribution in [2.45, 2.75) is 38.1 Å². The number of nitrogens with zero attached hydrogens (tertiary/aromatic N) is 1. The Balaban J connectivity index is 0.000000209. The molecule has 2 heterocycles. The second-order valence-corrected chi connectivity index (χ2v) is 11.6. The van der Waals surface area contributed by atoms with Gasteiger partial charge in [0.05, 0.1) is 0 Å². The summed E-state index contributed by atoms with van der Waals surface area (Å²) >= 11 is 8.57. The number of ketones is 1. The van der Waals surface area contributed by atoms with E-state index in [0.717, 1.165) is 26.6 Å². The Morgan fingerprint density at radius 1 is 0.946 bits per heavy atom. The molecule has 1 aromatic heterocycles. The van der Waals surface area contributed by atoms with Crippen LogP contribution in [0.1, 0.15) is 41.3 Å². The van der Waals surface area contributed by atoms with E-state index in [1.807, 2.05) is 59.9 Å². The summed E-state index contributed by atoms with van der Waals surface area (Å²) in [6, 6.07) is 27.6. The van der Waals surface area contributed by atoms with E-state index in [0.29, 0.717) is 12.5 Å². The normalized spacial score (nSPS) is 15.4. The molecule has 0 bridgehead atoms. The third kappa shape index (κ3) is 9.58. The quantitative estimate of drug-likeness (QED) is 0.120. The van der Waals surface area contributed by atoms with Gasteiger partial charge in [-0.1, -0.05) is 91.0 Å². The summed E-state index contributed by atoms with van der Waals surface area (Å²) in [7, 11) is 0. The van der Waals surface area contributed by atoms with Crippen LogP contribution >= 0.6 is 43.2 Å². The van der Waals surface area contributed by atoms with E-state index in [2.05, 4.69) is 67.5 Å². The molecule has 3 nitrogen and oxygen atoms in total. The molecule has 5 rings (SSSR count). The van der Waals surface area contributed by atoms with E-state index in [-0.39, 0.29) is 38.1 Å². The number of rotatable bonds is 6. The molecule has 0 amide bonds. The number of benzene rings is 3. The van der Waals surface area contributed by atoms with Gasteiger partial charge in [0.15, 0.2) is 5.78 Å². The van der Waals surface area contributed by atoms with Crippen molar-refractivity contribution in [3.8, 4) is 0 Å². The maximum atomic E-state index is 11.9. The van der Waals surface area contributed by atoms with Gasteiger partial charge in [-0.15, -0.1) is 24.7 Å². The Hall–Kier alpha value is -1.60. The molecule has 0 saturated carbocycles. The molecule has 7 heteroatoms. The summed E-state index contributed by atoms with van der Waals surface area (Å²) < 4.78 is 3.31. The van der Waals surface area contributed by atoms with Crippen molar-refractivity contribution >= 4 is 59.1 Å². The Morgan fingerprint density at radius 3 is 2.16 bits per heavy atom. The van der Waals surface area contributed by atoms with Gasteiger partial charge in [-0.05, 0) is 35.4 Å². The third-order valence-corrected chi connectivity index (χ3v) is 8.05. The predicted molar refractivity (Wildman–Crippen MR) is 157 cm³/mol. The Bertz CT molecular complexity index is 1280. The van der Waals surface area contributed by atoms with Crippen molar-refractivity contribution < 1.29 is 30.0 Å². The zero-order valence-corrected chi connectivity index (χ0v) is 26.5. The molecular weight excluding hydrogens is 790 g/mol. The molecule has 195 valence electrons. The van der Waals surface area contributed by atoms with Crippen LogP contribution in [-0.2, 0) is 37.7 Å². The maximum Gasteiger partial charge on any atom is 0.163 e. The number of piperidine rings is 1. The van der Waals surface area contributed by atoms with Gasteiger partial charge < -0.3 is 10.4 Å². The van der Waals surface area contributed by atoms with Crippen LogP contribution in [0.25, 0.3) is 15.4 Å². The summed E-state index contributed by atoms with van der Waals surface area (Å²) in [6.45, 7) is 1.03. The van der Waals surface area contributed by atoms with Crippen molar-refractivity contribution in [2.24, 2.45) is 0 Å². The smallest absolute Gasteiger partial charge is 0.163 e. The van der Waals surface area contributed by atoms with Crippen molar-refractivity contribution in [3.63, 3.8) is 0 Å². The average molecular weight is 818 g/mol. The van der Waals surface area contributed by atoms with Gasteiger partial charge in [-0.2, -0.15) is 17.5 Å². The van der Waals surface area contributed by atoms with E-state index in [1.165, 1.54) is 40.3 Å². The van der Waals surface area contributed by atoms with Gasteiger partial charge in [0.25, 0.3) is 0 Å². The fraction of sp³-hybridized carbons (Fsp3) is 0.233. The van der Waals surface area contributed by atoms with Crippen LogP contribution in [0.3, 0.4) is 0 Å². The second-order valence-electron chi connectivity index (χ2n) is 8.71. The molecular formula is C30H27Br2IrNO2S-2. The summed E-state index contributed by atoms with van der Waals surface area (Å²) in [4.78, 5) is 13.2. The molecule has 1 aliphatic heterocycles. The molecule has 1 atom stereocenters. The van der Waals surface area contributed by atoms with Crippen LogP contribution in [0, 0.1) is 6.07 Å².